The van der Waals surface area contributed by atoms with Crippen LogP contribution in [0.25, 0.3) is 0 Å². The van der Waals surface area contributed by atoms with Crippen molar-refractivity contribution in [2.45, 2.75) is 13.5 Å². The predicted molar refractivity (Wildman–Crippen MR) is 69.1 cm³/mol. The maximum Gasteiger partial charge on any atom is 0.322 e. The fourth-order valence-electron chi connectivity index (χ4n) is 1.41. The zero-order valence-corrected chi connectivity index (χ0v) is 10.9. The number of carbonyl (C=O) groups is 3. The van der Waals surface area contributed by atoms with Crippen molar-refractivity contribution in [2.75, 3.05) is 13.1 Å². The Bertz CT molecular complexity index is 579. The number of rotatable bonds is 6. The summed E-state index contributed by atoms with van der Waals surface area (Å²) in [5, 5.41) is 12.7. The van der Waals surface area contributed by atoms with Crippen molar-refractivity contribution >= 4 is 17.8 Å². The summed E-state index contributed by atoms with van der Waals surface area (Å²) in [5.41, 5.74) is 0.234. The predicted octanol–water partition coefficient (Wildman–Crippen LogP) is -1.53. The highest BCUT2D eigenvalue weighted by molar-refractivity contribution is 5.86. The first-order chi connectivity index (χ1) is 9.40. The molecule has 2 amide bonds. The van der Waals surface area contributed by atoms with Gasteiger partial charge >= 0.3 is 5.97 Å². The van der Waals surface area contributed by atoms with E-state index in [9.17, 15) is 19.2 Å². The van der Waals surface area contributed by atoms with Gasteiger partial charge in [0.1, 0.15) is 13.1 Å². The largest absolute Gasteiger partial charge is 0.480 e. The maximum atomic E-state index is 11.7. The van der Waals surface area contributed by atoms with Gasteiger partial charge in [0.05, 0.1) is 6.54 Å². The average molecular weight is 281 g/mol. The van der Waals surface area contributed by atoms with Crippen molar-refractivity contribution < 1.29 is 19.5 Å². The highest BCUT2D eigenvalue weighted by Crippen LogP contribution is 1.89. The number of aryl methyl sites for hydroxylation is 1. The van der Waals surface area contributed by atoms with Crippen LogP contribution in [0.5, 0.6) is 0 Å². The van der Waals surface area contributed by atoms with Gasteiger partial charge < -0.3 is 20.3 Å². The lowest BCUT2D eigenvalue weighted by Gasteiger charge is -2.07. The summed E-state index contributed by atoms with van der Waals surface area (Å²) in [6, 6.07) is 3.28. The Labute approximate surface area is 114 Å². The summed E-state index contributed by atoms with van der Waals surface area (Å²) in [6.07, 6.45) is 1.47. The minimum atomic E-state index is -1.17. The molecule has 1 heterocycles. The Morgan fingerprint density at radius 1 is 1.20 bits per heavy atom. The van der Waals surface area contributed by atoms with E-state index in [-0.39, 0.29) is 18.6 Å². The molecule has 0 saturated carbocycles. The molecule has 0 aromatic carbocycles. The second-order valence-electron chi connectivity index (χ2n) is 4.07. The van der Waals surface area contributed by atoms with E-state index < -0.39 is 24.3 Å². The lowest BCUT2D eigenvalue weighted by Crippen LogP contribution is -2.41. The third kappa shape index (κ3) is 4.92. The van der Waals surface area contributed by atoms with E-state index in [4.69, 9.17) is 5.11 Å². The Morgan fingerprint density at radius 2 is 1.85 bits per heavy atom. The molecule has 20 heavy (non-hydrogen) atoms. The van der Waals surface area contributed by atoms with Gasteiger partial charge in [-0.25, -0.2) is 0 Å². The van der Waals surface area contributed by atoms with Gasteiger partial charge in [-0.2, -0.15) is 0 Å². The van der Waals surface area contributed by atoms with Crippen molar-refractivity contribution in [3.05, 3.63) is 34.2 Å². The number of aromatic nitrogens is 1. The van der Waals surface area contributed by atoms with E-state index in [2.05, 4.69) is 10.6 Å². The summed E-state index contributed by atoms with van der Waals surface area (Å²) >= 11 is 0. The standard InChI is InChI=1S/C12H15N3O5/c1-8-3-2-4-15(12(8)20)7-10(17)13-5-9(16)14-6-11(18)19/h2-4H,5-7H2,1H3,(H,13,17)(H,14,16)(H,18,19). The van der Waals surface area contributed by atoms with Gasteiger partial charge in [-0.05, 0) is 13.0 Å². The molecule has 8 nitrogen and oxygen atoms in total. The van der Waals surface area contributed by atoms with Crippen LogP contribution in [-0.2, 0) is 20.9 Å². The number of hydrogen-bond donors (Lipinski definition) is 3. The SMILES string of the molecule is Cc1cccn(CC(=O)NCC(=O)NCC(=O)O)c1=O. The highest BCUT2D eigenvalue weighted by Gasteiger charge is 2.08. The first-order valence-electron chi connectivity index (χ1n) is 5.81. The number of nitrogens with zero attached hydrogens (tertiary/aromatic N) is 1. The number of carboxylic acid groups (broad SMARTS) is 1. The molecule has 1 aromatic heterocycles. The number of aliphatic carboxylic acids is 1. The average Bonchev–Trinajstić information content (AvgIpc) is 2.39. The monoisotopic (exact) mass is 281 g/mol. The van der Waals surface area contributed by atoms with Crippen LogP contribution in [0.1, 0.15) is 5.56 Å². The van der Waals surface area contributed by atoms with Gasteiger partial charge in [-0.15, -0.1) is 0 Å². The normalized spacial score (nSPS) is 9.85. The number of amides is 2. The molecule has 0 bridgehead atoms. The Morgan fingerprint density at radius 3 is 2.50 bits per heavy atom. The topological polar surface area (TPSA) is 118 Å². The van der Waals surface area contributed by atoms with E-state index >= 15 is 0 Å². The summed E-state index contributed by atoms with van der Waals surface area (Å²) in [6.45, 7) is 0.585. The van der Waals surface area contributed by atoms with Crippen molar-refractivity contribution in [2.24, 2.45) is 0 Å². The second kappa shape index (κ2) is 7.07. The summed E-state index contributed by atoms with van der Waals surface area (Å²) in [5.74, 6) is -2.29. The van der Waals surface area contributed by atoms with Crippen LogP contribution in [0.4, 0.5) is 0 Å². The Kier molecular flexibility index (Phi) is 5.45. The van der Waals surface area contributed by atoms with E-state index in [0.29, 0.717) is 5.56 Å². The van der Waals surface area contributed by atoms with E-state index in [1.54, 1.807) is 19.1 Å². The fraction of sp³-hybridized carbons (Fsp3) is 0.333. The molecule has 0 spiro atoms. The molecular formula is C12H15N3O5. The van der Waals surface area contributed by atoms with Crippen molar-refractivity contribution in [1.29, 1.82) is 0 Å². The maximum absolute atomic E-state index is 11.7. The summed E-state index contributed by atoms with van der Waals surface area (Å²) < 4.78 is 1.22. The number of carbonyl (C=O) groups excluding carboxylic acids is 2. The molecule has 0 aliphatic rings. The summed E-state index contributed by atoms with van der Waals surface area (Å²) in [7, 11) is 0. The van der Waals surface area contributed by atoms with Crippen LogP contribution in [0.2, 0.25) is 0 Å². The molecular weight excluding hydrogens is 266 g/mol. The van der Waals surface area contributed by atoms with Crippen LogP contribution < -0.4 is 16.2 Å². The first-order valence-corrected chi connectivity index (χ1v) is 5.81. The number of hydrogen-bond acceptors (Lipinski definition) is 4. The molecule has 0 aliphatic carbocycles. The van der Waals surface area contributed by atoms with Gasteiger partial charge in [-0.3, -0.25) is 19.2 Å². The molecule has 0 saturated heterocycles. The third-order valence-corrected chi connectivity index (χ3v) is 2.41. The molecule has 0 atom stereocenters. The molecule has 1 rings (SSSR count). The molecule has 0 fully saturated rings. The van der Waals surface area contributed by atoms with E-state index in [1.165, 1.54) is 10.8 Å². The lowest BCUT2D eigenvalue weighted by molar-refractivity contribution is -0.137. The zero-order valence-electron chi connectivity index (χ0n) is 10.9. The molecule has 1 aromatic rings. The summed E-state index contributed by atoms with van der Waals surface area (Å²) in [4.78, 5) is 44.6. The molecule has 0 aliphatic heterocycles. The molecule has 0 unspecified atom stereocenters. The van der Waals surface area contributed by atoms with Gasteiger partial charge in [0, 0.05) is 11.8 Å². The van der Waals surface area contributed by atoms with Crippen molar-refractivity contribution in [3.8, 4) is 0 Å². The van der Waals surface area contributed by atoms with Crippen molar-refractivity contribution in [1.82, 2.24) is 15.2 Å². The van der Waals surface area contributed by atoms with Gasteiger partial charge in [0.15, 0.2) is 0 Å². The second-order valence-corrected chi connectivity index (χ2v) is 4.07. The first kappa shape index (κ1) is 15.4. The van der Waals surface area contributed by atoms with Crippen LogP contribution in [0, 0.1) is 6.92 Å². The van der Waals surface area contributed by atoms with Gasteiger partial charge in [-0.1, -0.05) is 6.07 Å². The van der Waals surface area contributed by atoms with E-state index in [1.807, 2.05) is 0 Å². The molecule has 108 valence electrons. The zero-order chi connectivity index (χ0) is 15.1. The third-order valence-electron chi connectivity index (χ3n) is 2.41. The minimum Gasteiger partial charge on any atom is -0.480 e. The van der Waals surface area contributed by atoms with Crippen molar-refractivity contribution in [3.63, 3.8) is 0 Å². The molecule has 3 N–H and O–H groups in total. The van der Waals surface area contributed by atoms with Gasteiger partial charge in [0.2, 0.25) is 11.8 Å². The quantitative estimate of drug-likeness (QED) is 0.585. The smallest absolute Gasteiger partial charge is 0.322 e. The minimum absolute atomic E-state index is 0.202. The van der Waals surface area contributed by atoms with Crippen LogP contribution in [-0.4, -0.2) is 40.5 Å². The molecule has 0 radical (unpaired) electrons. The molecule has 8 heteroatoms. The van der Waals surface area contributed by atoms with Gasteiger partial charge in [0.25, 0.3) is 5.56 Å². The van der Waals surface area contributed by atoms with E-state index in [0.717, 1.165) is 0 Å². The fourth-order valence-corrected chi connectivity index (χ4v) is 1.41. The number of pyridine rings is 1. The number of nitrogens with one attached hydrogen (secondary N) is 2. The lowest BCUT2D eigenvalue weighted by atomic mass is 10.3. The Hall–Kier alpha value is -2.64. The van der Waals surface area contributed by atoms with Crippen LogP contribution in [0.3, 0.4) is 0 Å². The number of carboxylic acids is 1. The highest BCUT2D eigenvalue weighted by atomic mass is 16.4. The van der Waals surface area contributed by atoms with Crippen LogP contribution in [0.15, 0.2) is 23.1 Å². The van der Waals surface area contributed by atoms with Crippen LogP contribution >= 0.6 is 0 Å². The Balaban J connectivity index is 2.44.